The molecule has 0 amide bonds. The summed E-state index contributed by atoms with van der Waals surface area (Å²) >= 11 is 0. The van der Waals surface area contributed by atoms with Crippen LogP contribution >= 0.6 is 0 Å². The van der Waals surface area contributed by atoms with Gasteiger partial charge in [-0.25, -0.2) is 4.79 Å². The first-order valence-electron chi connectivity index (χ1n) is 15.8. The van der Waals surface area contributed by atoms with Crippen molar-refractivity contribution in [2.45, 2.75) is 81.7 Å². The Bertz CT molecular complexity index is 1460. The van der Waals surface area contributed by atoms with Gasteiger partial charge in [-0.3, -0.25) is 4.79 Å². The van der Waals surface area contributed by atoms with E-state index >= 15 is 0 Å². The van der Waals surface area contributed by atoms with Crippen molar-refractivity contribution < 1.29 is 51.4 Å². The molecule has 0 aromatic heterocycles. The van der Waals surface area contributed by atoms with Crippen molar-refractivity contribution in [2.75, 3.05) is 13.1 Å². The molecule has 2 bridgehead atoms. The van der Waals surface area contributed by atoms with Crippen molar-refractivity contribution in [3.63, 3.8) is 0 Å². The molecule has 3 aliphatic heterocycles. The first kappa shape index (κ1) is 34.1. The van der Waals surface area contributed by atoms with Crippen molar-refractivity contribution in [3.8, 4) is 0 Å². The van der Waals surface area contributed by atoms with Gasteiger partial charge in [-0.1, -0.05) is 91.0 Å². The molecule has 6 rings (SSSR count). The molecule has 3 atom stereocenters. The molecule has 11 heteroatoms. The molecular formula is C36H38F3NO7. The molecule has 0 N–H and O–H groups in total. The van der Waals surface area contributed by atoms with Crippen LogP contribution < -0.4 is 5.11 Å². The van der Waals surface area contributed by atoms with Crippen LogP contribution in [0.25, 0.3) is 0 Å². The summed E-state index contributed by atoms with van der Waals surface area (Å²) in [5, 5.41) is 8.78. The van der Waals surface area contributed by atoms with Gasteiger partial charge in [0, 0.05) is 51.0 Å². The van der Waals surface area contributed by atoms with E-state index in [9.17, 15) is 22.8 Å². The van der Waals surface area contributed by atoms with E-state index in [-0.39, 0.29) is 6.10 Å². The molecule has 250 valence electrons. The van der Waals surface area contributed by atoms with Gasteiger partial charge in [0.25, 0.3) is 0 Å². The molecule has 3 heterocycles. The van der Waals surface area contributed by atoms with Gasteiger partial charge in [0.15, 0.2) is 0 Å². The maximum atomic E-state index is 14.6. The van der Waals surface area contributed by atoms with Gasteiger partial charge >= 0.3 is 18.1 Å². The van der Waals surface area contributed by atoms with Crippen LogP contribution in [-0.4, -0.2) is 59.8 Å². The normalized spacial score (nSPS) is 22.1. The predicted octanol–water partition coefficient (Wildman–Crippen LogP) is 5.35. The molecule has 3 aromatic rings. The highest BCUT2D eigenvalue weighted by Gasteiger charge is 2.57. The summed E-state index contributed by atoms with van der Waals surface area (Å²) < 4.78 is 51.7. The summed E-state index contributed by atoms with van der Waals surface area (Å²) in [4.78, 5) is 35.7. The zero-order chi connectivity index (χ0) is 33.7. The van der Waals surface area contributed by atoms with Crippen molar-refractivity contribution in [1.29, 1.82) is 0 Å². The number of nitrogens with zero attached hydrogens (tertiary/aromatic N) is 1. The van der Waals surface area contributed by atoms with Crippen LogP contribution in [0.5, 0.6) is 0 Å². The summed E-state index contributed by atoms with van der Waals surface area (Å²) in [6.07, 6.45) is 0.296. The van der Waals surface area contributed by atoms with E-state index in [1.807, 2.05) is 91.0 Å². The molecule has 47 heavy (non-hydrogen) atoms. The van der Waals surface area contributed by atoms with Crippen LogP contribution in [0.4, 0.5) is 13.2 Å². The highest BCUT2D eigenvalue weighted by atomic mass is 19.4. The molecule has 3 aliphatic rings. The van der Waals surface area contributed by atoms with E-state index < -0.39 is 36.0 Å². The van der Waals surface area contributed by atoms with Crippen molar-refractivity contribution in [3.05, 3.63) is 108 Å². The standard InChI is InChI=1S/C34H38NO5.C2HF3O2/c1-25(36)38-32(26-13-5-2-6-14-26)40-34(27-15-7-3-8-16-27,28-17-9-4-10-18-28)33(37)39-31-23-29-19-20-30(24-31)35(29)21-11-12-22-35;3-2(4,5)1(6)7/h2-10,13-18,29-32H,11-12,19-24H2,1H3;(H,6,7)/q+1;/p-1. The number of carbonyl (C=O) groups is 3. The van der Waals surface area contributed by atoms with E-state index in [0.717, 1.165) is 12.8 Å². The predicted molar refractivity (Wildman–Crippen MR) is 162 cm³/mol. The third-order valence-electron chi connectivity index (χ3n) is 9.54. The first-order valence-corrected chi connectivity index (χ1v) is 15.8. The Balaban J connectivity index is 0.000000559. The number of carboxylic acid groups (broad SMARTS) is 1. The minimum Gasteiger partial charge on any atom is -0.542 e. The third kappa shape index (κ3) is 7.36. The smallest absolute Gasteiger partial charge is 0.430 e. The van der Waals surface area contributed by atoms with Crippen molar-refractivity contribution >= 4 is 17.9 Å². The van der Waals surface area contributed by atoms with E-state index in [4.69, 9.17) is 24.1 Å². The zero-order valence-electron chi connectivity index (χ0n) is 26.1. The Morgan fingerprint density at radius 2 is 1.23 bits per heavy atom. The number of carbonyl (C=O) groups excluding carboxylic acids is 3. The van der Waals surface area contributed by atoms with E-state index in [1.54, 1.807) is 0 Å². The Kier molecular flexibility index (Phi) is 10.4. The summed E-state index contributed by atoms with van der Waals surface area (Å²) in [6, 6.07) is 29.2. The molecule has 8 nitrogen and oxygen atoms in total. The highest BCUT2D eigenvalue weighted by Crippen LogP contribution is 2.47. The van der Waals surface area contributed by atoms with E-state index in [0.29, 0.717) is 28.8 Å². The maximum Gasteiger partial charge on any atom is 0.430 e. The van der Waals surface area contributed by atoms with Gasteiger partial charge in [-0.15, -0.1) is 0 Å². The van der Waals surface area contributed by atoms with Gasteiger partial charge in [0.1, 0.15) is 12.1 Å². The average molecular weight is 654 g/mol. The fourth-order valence-electron chi connectivity index (χ4n) is 7.55. The lowest BCUT2D eigenvalue weighted by atomic mass is 9.85. The quantitative estimate of drug-likeness (QED) is 0.184. The van der Waals surface area contributed by atoms with Gasteiger partial charge in [0.2, 0.25) is 11.9 Å². The topological polar surface area (TPSA) is 102 Å². The van der Waals surface area contributed by atoms with Gasteiger partial charge in [-0.05, 0) is 11.1 Å². The van der Waals surface area contributed by atoms with Crippen LogP contribution in [0.1, 0.15) is 68.4 Å². The van der Waals surface area contributed by atoms with Crippen LogP contribution in [0.15, 0.2) is 91.0 Å². The Labute approximate surface area is 271 Å². The lowest BCUT2D eigenvalue weighted by molar-refractivity contribution is -0.956. The van der Waals surface area contributed by atoms with Crippen LogP contribution in [0.2, 0.25) is 0 Å². The fourth-order valence-corrected chi connectivity index (χ4v) is 7.55. The number of alkyl halides is 3. The lowest BCUT2D eigenvalue weighted by Gasteiger charge is -2.47. The van der Waals surface area contributed by atoms with Crippen molar-refractivity contribution in [2.24, 2.45) is 0 Å². The number of aliphatic carboxylic acids is 1. The Morgan fingerprint density at radius 3 is 1.66 bits per heavy atom. The van der Waals surface area contributed by atoms with Crippen LogP contribution in [0.3, 0.4) is 0 Å². The van der Waals surface area contributed by atoms with Gasteiger partial charge in [-0.2, -0.15) is 13.2 Å². The second-order valence-electron chi connectivity index (χ2n) is 12.3. The van der Waals surface area contributed by atoms with E-state index in [2.05, 4.69) is 0 Å². The minimum absolute atomic E-state index is 0.173. The molecule has 3 unspecified atom stereocenters. The molecule has 0 saturated carbocycles. The summed E-state index contributed by atoms with van der Waals surface area (Å²) in [6.45, 7) is 3.87. The molecule has 3 fully saturated rings. The second kappa shape index (κ2) is 14.3. The molecule has 1 spiro atoms. The molecule has 3 aromatic carbocycles. The molecule has 3 saturated heterocycles. The van der Waals surface area contributed by atoms with Crippen molar-refractivity contribution in [1.82, 2.24) is 0 Å². The van der Waals surface area contributed by atoms with Gasteiger partial charge < -0.3 is 28.6 Å². The number of benzene rings is 3. The van der Waals surface area contributed by atoms with Gasteiger partial charge in [0.05, 0.1) is 25.2 Å². The SMILES string of the molecule is CC(=O)OC(OC(C(=O)OC1CC2CCC(C1)[N+]21CCCC1)(c1ccccc1)c1ccccc1)c1ccccc1.O=C([O-])C(F)(F)F. The minimum atomic E-state index is -5.19. The number of halogens is 3. The summed E-state index contributed by atoms with van der Waals surface area (Å²) in [5.41, 5.74) is 0.245. The maximum absolute atomic E-state index is 14.6. The highest BCUT2D eigenvalue weighted by molar-refractivity contribution is 5.86. The molecule has 0 aliphatic carbocycles. The van der Waals surface area contributed by atoms with E-state index in [1.165, 1.54) is 50.2 Å². The Hall–Kier alpha value is -4.22. The summed E-state index contributed by atoms with van der Waals surface area (Å²) in [5.74, 6) is -3.98. The first-order chi connectivity index (χ1) is 22.5. The number of hydrogen-bond acceptors (Lipinski definition) is 7. The number of ether oxygens (including phenoxy) is 3. The number of carboxylic acids is 1. The number of hydrogen-bond donors (Lipinski definition) is 0. The molecule has 0 radical (unpaired) electrons. The lowest BCUT2D eigenvalue weighted by Crippen LogP contribution is -2.60. The number of quaternary nitrogens is 1. The average Bonchev–Trinajstić information content (AvgIpc) is 3.60. The zero-order valence-corrected chi connectivity index (χ0v) is 26.1. The van der Waals surface area contributed by atoms with Crippen LogP contribution in [0, 0.1) is 0 Å². The monoisotopic (exact) mass is 653 g/mol. The van der Waals surface area contributed by atoms with Crippen LogP contribution in [-0.2, 0) is 34.2 Å². The Morgan fingerprint density at radius 1 is 0.787 bits per heavy atom. The largest absolute Gasteiger partial charge is 0.542 e. The number of piperidine rings is 1. The number of rotatable bonds is 8. The third-order valence-corrected chi connectivity index (χ3v) is 9.54. The fraction of sp³-hybridized carbons (Fsp3) is 0.417. The number of esters is 2. The molecular weight excluding hydrogens is 615 g/mol. The second-order valence-corrected chi connectivity index (χ2v) is 12.3. The summed E-state index contributed by atoms with van der Waals surface area (Å²) in [7, 11) is 0.